The fourth-order valence-corrected chi connectivity index (χ4v) is 4.82. The van der Waals surface area contributed by atoms with Crippen molar-refractivity contribution in [3.05, 3.63) is 157 Å². The molecule has 0 spiro atoms. The maximum Gasteiger partial charge on any atom is 0.115 e. The minimum Gasteiger partial charge on any atom is -0.265 e. The van der Waals surface area contributed by atoms with Crippen molar-refractivity contribution in [2.24, 2.45) is 9.98 Å². The fraction of sp³-hybridized carbons (Fsp3) is 0. The summed E-state index contributed by atoms with van der Waals surface area (Å²) in [6, 6.07) is 32.4. The van der Waals surface area contributed by atoms with Gasteiger partial charge in [-0.15, -0.1) is 0 Å². The van der Waals surface area contributed by atoms with Crippen molar-refractivity contribution >= 4 is 22.8 Å². The van der Waals surface area contributed by atoms with Gasteiger partial charge >= 0.3 is 0 Å². The van der Waals surface area contributed by atoms with Crippen LogP contribution in [0.15, 0.2) is 144 Å². The maximum absolute atomic E-state index is 5.15. The Morgan fingerprint density at radius 1 is 0.325 bits per heavy atom. The predicted molar refractivity (Wildman–Crippen MR) is 158 cm³/mol. The van der Waals surface area contributed by atoms with E-state index >= 15 is 0 Å². The summed E-state index contributed by atoms with van der Waals surface area (Å²) in [5.41, 5.74) is 10.8. The summed E-state index contributed by atoms with van der Waals surface area (Å²) in [5, 5.41) is 0. The van der Waals surface area contributed by atoms with E-state index in [1.165, 1.54) is 0 Å². The average Bonchev–Trinajstić information content (AvgIpc) is 3.03. The molecule has 6 aromatic rings. The van der Waals surface area contributed by atoms with Crippen LogP contribution in [0.25, 0.3) is 22.3 Å². The summed E-state index contributed by atoms with van der Waals surface area (Å²) in [4.78, 5) is 28.0. The molecular weight excluding hydrogens is 492 g/mol. The number of hydrogen-bond acceptors (Lipinski definition) is 6. The van der Waals surface area contributed by atoms with Crippen LogP contribution in [-0.4, -0.2) is 31.4 Å². The van der Waals surface area contributed by atoms with Crippen LogP contribution < -0.4 is 0 Å². The van der Waals surface area contributed by atoms with Gasteiger partial charge < -0.3 is 0 Å². The van der Waals surface area contributed by atoms with Crippen molar-refractivity contribution < 1.29 is 0 Å². The van der Waals surface area contributed by atoms with Crippen LogP contribution in [0.1, 0.15) is 22.5 Å². The number of aromatic nitrogens is 4. The molecule has 6 nitrogen and oxygen atoms in total. The quantitative estimate of drug-likeness (QED) is 0.248. The standard InChI is InChI=1S/C34H22N6/c1-3-29-33(37-17-1)31(27-9-5-23(6-10-27)25-13-19-35-20-14-25)40-30-4-2-18-38-34(30)32(39-29)28-11-7-24(8-12-28)26-15-21-36-22-16-26/h1-22H. The lowest BCUT2D eigenvalue weighted by Crippen LogP contribution is -2.12. The van der Waals surface area contributed by atoms with E-state index in [9.17, 15) is 0 Å². The molecule has 0 fully saturated rings. The molecule has 7 rings (SSSR count). The van der Waals surface area contributed by atoms with Crippen molar-refractivity contribution in [1.82, 2.24) is 19.9 Å². The Morgan fingerprint density at radius 2 is 0.675 bits per heavy atom. The third-order valence-corrected chi connectivity index (χ3v) is 6.83. The van der Waals surface area contributed by atoms with E-state index in [2.05, 4.69) is 58.5 Å². The van der Waals surface area contributed by atoms with Crippen LogP contribution in [0.2, 0.25) is 0 Å². The van der Waals surface area contributed by atoms with Crippen molar-refractivity contribution in [3.8, 4) is 22.3 Å². The maximum atomic E-state index is 5.15. The van der Waals surface area contributed by atoms with Gasteiger partial charge in [0.1, 0.15) is 11.4 Å². The zero-order chi connectivity index (χ0) is 26.7. The first kappa shape index (κ1) is 23.5. The second-order valence-corrected chi connectivity index (χ2v) is 9.29. The topological polar surface area (TPSA) is 76.3 Å². The highest BCUT2D eigenvalue weighted by Crippen LogP contribution is 2.32. The molecule has 0 bridgehead atoms. The SMILES string of the molecule is c1cnc2c(c1)N=C(c1ccc(-c3ccncc3)cc1)c1ncccc1N=C2c1ccc(-c2ccncc2)cc1. The van der Waals surface area contributed by atoms with Crippen molar-refractivity contribution in [3.63, 3.8) is 0 Å². The Morgan fingerprint density at radius 3 is 1.07 bits per heavy atom. The van der Waals surface area contributed by atoms with Gasteiger partial charge in [0.15, 0.2) is 0 Å². The molecule has 0 N–H and O–H groups in total. The lowest BCUT2D eigenvalue weighted by Gasteiger charge is -2.17. The highest BCUT2D eigenvalue weighted by molar-refractivity contribution is 6.21. The molecule has 0 aliphatic carbocycles. The molecule has 5 heterocycles. The molecule has 1 aliphatic rings. The predicted octanol–water partition coefficient (Wildman–Crippen LogP) is 7.25. The van der Waals surface area contributed by atoms with Crippen LogP contribution in [0, 0.1) is 0 Å². The Bertz CT molecular complexity index is 1720. The van der Waals surface area contributed by atoms with Gasteiger partial charge in [0.05, 0.1) is 22.8 Å². The summed E-state index contributed by atoms with van der Waals surface area (Å²) in [6.45, 7) is 0. The van der Waals surface area contributed by atoms with Gasteiger partial charge in [-0.05, 0) is 70.8 Å². The molecule has 1 aliphatic heterocycles. The van der Waals surface area contributed by atoms with E-state index < -0.39 is 0 Å². The van der Waals surface area contributed by atoms with E-state index in [4.69, 9.17) is 20.0 Å². The van der Waals surface area contributed by atoms with Crippen molar-refractivity contribution in [2.45, 2.75) is 0 Å². The monoisotopic (exact) mass is 514 g/mol. The molecular formula is C34H22N6. The zero-order valence-corrected chi connectivity index (χ0v) is 21.4. The second-order valence-electron chi connectivity index (χ2n) is 9.29. The molecule has 2 aromatic carbocycles. The highest BCUT2D eigenvalue weighted by atomic mass is 14.9. The molecule has 188 valence electrons. The highest BCUT2D eigenvalue weighted by Gasteiger charge is 2.21. The number of nitrogens with zero attached hydrogens (tertiary/aromatic N) is 6. The number of hydrogen-bond donors (Lipinski definition) is 0. The van der Waals surface area contributed by atoms with Gasteiger partial charge in [0.2, 0.25) is 0 Å². The number of fused-ring (bicyclic) bond motifs is 2. The molecule has 0 saturated heterocycles. The van der Waals surface area contributed by atoms with Gasteiger partial charge in [-0.2, -0.15) is 0 Å². The van der Waals surface area contributed by atoms with Gasteiger partial charge in [-0.1, -0.05) is 48.5 Å². The number of aliphatic imine (C=N–C) groups is 2. The van der Waals surface area contributed by atoms with Crippen LogP contribution in [0.4, 0.5) is 11.4 Å². The number of pyridine rings is 4. The molecule has 40 heavy (non-hydrogen) atoms. The molecule has 0 unspecified atom stereocenters. The first-order valence-corrected chi connectivity index (χ1v) is 12.9. The summed E-state index contributed by atoms with van der Waals surface area (Å²) in [5.74, 6) is 0. The van der Waals surface area contributed by atoms with Crippen molar-refractivity contribution in [2.75, 3.05) is 0 Å². The normalized spacial score (nSPS) is 12.3. The van der Waals surface area contributed by atoms with Gasteiger partial charge in [-0.3, -0.25) is 19.9 Å². The van der Waals surface area contributed by atoms with E-state index in [-0.39, 0.29) is 0 Å². The minimum atomic E-state index is 0.722. The van der Waals surface area contributed by atoms with Gasteiger partial charge in [-0.25, -0.2) is 9.98 Å². The molecule has 0 atom stereocenters. The third kappa shape index (κ3) is 4.48. The first-order chi connectivity index (χ1) is 19.8. The van der Waals surface area contributed by atoms with Crippen LogP contribution in [0.3, 0.4) is 0 Å². The van der Waals surface area contributed by atoms with E-state index in [1.54, 1.807) is 37.2 Å². The second kappa shape index (κ2) is 10.3. The smallest absolute Gasteiger partial charge is 0.115 e. The summed E-state index contributed by atoms with van der Waals surface area (Å²) < 4.78 is 0. The molecule has 0 radical (unpaired) electrons. The average molecular weight is 515 g/mol. The number of benzene rings is 2. The molecule has 0 saturated carbocycles. The van der Waals surface area contributed by atoms with E-state index in [0.29, 0.717) is 0 Å². The first-order valence-electron chi connectivity index (χ1n) is 12.9. The number of rotatable bonds is 4. The van der Waals surface area contributed by atoms with Crippen molar-refractivity contribution in [1.29, 1.82) is 0 Å². The Balaban J connectivity index is 1.34. The Hall–Kier alpha value is -5.62. The van der Waals surface area contributed by atoms with E-state index in [0.717, 1.165) is 67.6 Å². The van der Waals surface area contributed by atoms with Crippen LogP contribution in [-0.2, 0) is 0 Å². The van der Waals surface area contributed by atoms with Crippen LogP contribution in [0.5, 0.6) is 0 Å². The molecule has 4 aromatic heterocycles. The molecule has 0 amide bonds. The fourth-order valence-electron chi connectivity index (χ4n) is 4.82. The molecule has 6 heteroatoms. The van der Waals surface area contributed by atoms with Crippen LogP contribution >= 0.6 is 0 Å². The van der Waals surface area contributed by atoms with Gasteiger partial charge in [0, 0.05) is 48.3 Å². The summed E-state index contributed by atoms with van der Waals surface area (Å²) >= 11 is 0. The minimum absolute atomic E-state index is 0.722. The third-order valence-electron chi connectivity index (χ3n) is 6.83. The largest absolute Gasteiger partial charge is 0.265 e. The summed E-state index contributed by atoms with van der Waals surface area (Å²) in [7, 11) is 0. The zero-order valence-electron chi connectivity index (χ0n) is 21.4. The van der Waals surface area contributed by atoms with Gasteiger partial charge in [0.25, 0.3) is 0 Å². The lowest BCUT2D eigenvalue weighted by atomic mass is 9.98. The van der Waals surface area contributed by atoms with E-state index in [1.807, 2.05) is 48.5 Å². The lowest BCUT2D eigenvalue weighted by molar-refractivity contribution is 1.22. The Labute approximate surface area is 231 Å². The Kier molecular flexibility index (Phi) is 6.03. The summed E-state index contributed by atoms with van der Waals surface area (Å²) in [6.07, 6.45) is 10.8.